The van der Waals surface area contributed by atoms with Crippen molar-refractivity contribution in [2.75, 3.05) is 13.7 Å². The maximum atomic E-state index is 5.66. The zero-order valence-electron chi connectivity index (χ0n) is 11.7. The van der Waals surface area contributed by atoms with Crippen LogP contribution in [0, 0.1) is 0 Å². The lowest BCUT2D eigenvalue weighted by molar-refractivity contribution is 0.292. The quantitative estimate of drug-likeness (QED) is 0.645. The monoisotopic (exact) mass is 250 g/mol. The van der Waals surface area contributed by atoms with Gasteiger partial charge in [0.25, 0.3) is 0 Å². The molecular weight excluding hydrogens is 224 g/mol. The SMILES string of the molecule is CCCCCCCCOc1cccc(CNC)n1. The maximum Gasteiger partial charge on any atom is 0.213 e. The van der Waals surface area contributed by atoms with E-state index in [4.69, 9.17) is 4.74 Å². The Morgan fingerprint density at radius 2 is 1.89 bits per heavy atom. The number of ether oxygens (including phenoxy) is 1. The largest absolute Gasteiger partial charge is 0.478 e. The van der Waals surface area contributed by atoms with Gasteiger partial charge in [0.1, 0.15) is 0 Å². The molecule has 0 fully saturated rings. The van der Waals surface area contributed by atoms with Crippen molar-refractivity contribution in [1.82, 2.24) is 10.3 Å². The molecule has 0 aliphatic heterocycles. The van der Waals surface area contributed by atoms with Crippen LogP contribution in [0.3, 0.4) is 0 Å². The highest BCUT2D eigenvalue weighted by molar-refractivity contribution is 5.15. The highest BCUT2D eigenvalue weighted by Gasteiger charge is 1.98. The van der Waals surface area contributed by atoms with Gasteiger partial charge >= 0.3 is 0 Å². The summed E-state index contributed by atoms with van der Waals surface area (Å²) in [5.74, 6) is 0.747. The molecule has 0 saturated heterocycles. The van der Waals surface area contributed by atoms with Gasteiger partial charge in [0.05, 0.1) is 12.3 Å². The zero-order chi connectivity index (χ0) is 13.1. The summed E-state index contributed by atoms with van der Waals surface area (Å²) in [7, 11) is 1.92. The van der Waals surface area contributed by atoms with Gasteiger partial charge in [-0.15, -0.1) is 0 Å². The minimum Gasteiger partial charge on any atom is -0.478 e. The van der Waals surface area contributed by atoms with Gasteiger partial charge in [-0.2, -0.15) is 0 Å². The van der Waals surface area contributed by atoms with Crippen LogP contribution < -0.4 is 10.1 Å². The molecule has 1 heterocycles. The summed E-state index contributed by atoms with van der Waals surface area (Å²) >= 11 is 0. The van der Waals surface area contributed by atoms with Crippen molar-refractivity contribution in [3.8, 4) is 5.88 Å². The van der Waals surface area contributed by atoms with Crippen LogP contribution in [0.15, 0.2) is 18.2 Å². The molecule has 0 bridgehead atoms. The van der Waals surface area contributed by atoms with Crippen molar-refractivity contribution in [3.63, 3.8) is 0 Å². The lowest BCUT2D eigenvalue weighted by atomic mass is 10.1. The fraction of sp³-hybridized carbons (Fsp3) is 0.667. The van der Waals surface area contributed by atoms with Crippen LogP contribution in [0.2, 0.25) is 0 Å². The first kappa shape index (κ1) is 15.0. The molecule has 1 rings (SSSR count). The molecular formula is C15H26N2O. The van der Waals surface area contributed by atoms with Gasteiger partial charge in [-0.3, -0.25) is 0 Å². The Balaban J connectivity index is 2.13. The average Bonchev–Trinajstić information content (AvgIpc) is 2.39. The van der Waals surface area contributed by atoms with Crippen molar-refractivity contribution < 1.29 is 4.74 Å². The predicted molar refractivity (Wildman–Crippen MR) is 75.9 cm³/mol. The van der Waals surface area contributed by atoms with E-state index in [0.29, 0.717) is 0 Å². The third-order valence-corrected chi connectivity index (χ3v) is 2.89. The Morgan fingerprint density at radius 1 is 1.11 bits per heavy atom. The van der Waals surface area contributed by atoms with Crippen molar-refractivity contribution in [1.29, 1.82) is 0 Å². The third kappa shape index (κ3) is 6.60. The molecule has 1 N–H and O–H groups in total. The number of pyridine rings is 1. The van der Waals surface area contributed by atoms with E-state index >= 15 is 0 Å². The Morgan fingerprint density at radius 3 is 2.67 bits per heavy atom. The lowest BCUT2D eigenvalue weighted by Gasteiger charge is -2.06. The summed E-state index contributed by atoms with van der Waals surface area (Å²) in [6.45, 7) is 3.81. The van der Waals surface area contributed by atoms with E-state index < -0.39 is 0 Å². The van der Waals surface area contributed by atoms with E-state index in [1.807, 2.05) is 25.2 Å². The number of nitrogens with zero attached hydrogens (tertiary/aromatic N) is 1. The summed E-state index contributed by atoms with van der Waals surface area (Å²) in [4.78, 5) is 4.42. The van der Waals surface area contributed by atoms with E-state index in [0.717, 1.165) is 31.1 Å². The van der Waals surface area contributed by atoms with Gasteiger partial charge in [0, 0.05) is 12.6 Å². The molecule has 0 amide bonds. The van der Waals surface area contributed by atoms with Crippen molar-refractivity contribution >= 4 is 0 Å². The fourth-order valence-corrected chi connectivity index (χ4v) is 1.88. The van der Waals surface area contributed by atoms with E-state index in [9.17, 15) is 0 Å². The molecule has 1 aromatic heterocycles. The van der Waals surface area contributed by atoms with E-state index in [1.54, 1.807) is 0 Å². The molecule has 1 aromatic rings. The smallest absolute Gasteiger partial charge is 0.213 e. The van der Waals surface area contributed by atoms with Crippen molar-refractivity contribution in [2.24, 2.45) is 0 Å². The Bertz CT molecular complexity index is 315. The van der Waals surface area contributed by atoms with Crippen molar-refractivity contribution in [3.05, 3.63) is 23.9 Å². The molecule has 0 aromatic carbocycles. The summed E-state index contributed by atoms with van der Waals surface area (Å²) in [5, 5.41) is 3.09. The molecule has 0 unspecified atom stereocenters. The standard InChI is InChI=1S/C15H26N2O/c1-3-4-5-6-7-8-12-18-15-11-9-10-14(17-15)13-16-2/h9-11,16H,3-8,12-13H2,1-2H3. The summed E-state index contributed by atoms with van der Waals surface area (Å²) in [5.41, 5.74) is 1.03. The molecule has 0 radical (unpaired) electrons. The highest BCUT2D eigenvalue weighted by Crippen LogP contribution is 2.09. The highest BCUT2D eigenvalue weighted by atomic mass is 16.5. The second-order valence-corrected chi connectivity index (χ2v) is 4.61. The van der Waals surface area contributed by atoms with E-state index in [-0.39, 0.29) is 0 Å². The first-order chi connectivity index (χ1) is 8.86. The van der Waals surface area contributed by atoms with Gasteiger partial charge in [-0.05, 0) is 19.5 Å². The molecule has 0 aliphatic carbocycles. The minimum absolute atomic E-state index is 0.747. The molecule has 3 nitrogen and oxygen atoms in total. The number of rotatable bonds is 10. The van der Waals surface area contributed by atoms with Crippen LogP contribution in [0.25, 0.3) is 0 Å². The maximum absolute atomic E-state index is 5.66. The average molecular weight is 250 g/mol. The molecule has 18 heavy (non-hydrogen) atoms. The lowest BCUT2D eigenvalue weighted by Crippen LogP contribution is -2.08. The molecule has 0 aliphatic rings. The normalized spacial score (nSPS) is 10.6. The zero-order valence-corrected chi connectivity index (χ0v) is 11.7. The first-order valence-corrected chi connectivity index (χ1v) is 7.10. The van der Waals surface area contributed by atoms with Crippen LogP contribution in [-0.2, 0) is 6.54 Å². The number of aromatic nitrogens is 1. The number of hydrogen-bond donors (Lipinski definition) is 1. The minimum atomic E-state index is 0.747. The van der Waals surface area contributed by atoms with Crippen LogP contribution in [0.1, 0.15) is 51.1 Å². The number of nitrogens with one attached hydrogen (secondary N) is 1. The summed E-state index contributed by atoms with van der Waals surface area (Å²) < 4.78 is 5.66. The van der Waals surface area contributed by atoms with E-state index in [2.05, 4.69) is 17.2 Å². The van der Waals surface area contributed by atoms with Gasteiger partial charge in [0.15, 0.2) is 0 Å². The van der Waals surface area contributed by atoms with Gasteiger partial charge < -0.3 is 10.1 Å². The van der Waals surface area contributed by atoms with Crippen molar-refractivity contribution in [2.45, 2.75) is 52.0 Å². The predicted octanol–water partition coefficient (Wildman–Crippen LogP) is 3.54. The van der Waals surface area contributed by atoms with Crippen LogP contribution >= 0.6 is 0 Å². The first-order valence-electron chi connectivity index (χ1n) is 7.10. The van der Waals surface area contributed by atoms with Crippen LogP contribution in [0.4, 0.5) is 0 Å². The molecule has 0 spiro atoms. The number of unbranched alkanes of at least 4 members (excludes halogenated alkanes) is 5. The van der Waals surface area contributed by atoms with Crippen LogP contribution in [-0.4, -0.2) is 18.6 Å². The fourth-order valence-electron chi connectivity index (χ4n) is 1.88. The Labute approximate surface area is 111 Å². The van der Waals surface area contributed by atoms with Gasteiger partial charge in [0.2, 0.25) is 5.88 Å². The molecule has 0 atom stereocenters. The van der Waals surface area contributed by atoms with Crippen LogP contribution in [0.5, 0.6) is 5.88 Å². The Kier molecular flexibility index (Phi) is 8.23. The van der Waals surface area contributed by atoms with E-state index in [1.165, 1.54) is 32.1 Å². The van der Waals surface area contributed by atoms with Gasteiger partial charge in [-0.1, -0.05) is 45.1 Å². The Hall–Kier alpha value is -1.09. The molecule has 3 heteroatoms. The second-order valence-electron chi connectivity index (χ2n) is 4.61. The third-order valence-electron chi connectivity index (χ3n) is 2.89. The summed E-state index contributed by atoms with van der Waals surface area (Å²) in [6, 6.07) is 5.93. The second kappa shape index (κ2) is 9.89. The van der Waals surface area contributed by atoms with Gasteiger partial charge in [-0.25, -0.2) is 4.98 Å². The molecule has 102 valence electrons. The summed E-state index contributed by atoms with van der Waals surface area (Å²) in [6.07, 6.45) is 7.72. The number of hydrogen-bond acceptors (Lipinski definition) is 3. The topological polar surface area (TPSA) is 34.1 Å². The molecule has 0 saturated carbocycles.